The van der Waals surface area contributed by atoms with Gasteiger partial charge in [0.2, 0.25) is 0 Å². The van der Waals surface area contributed by atoms with Crippen molar-refractivity contribution in [1.82, 2.24) is 10.2 Å². The number of hydrogen-bond acceptors (Lipinski definition) is 4. The van der Waals surface area contributed by atoms with Gasteiger partial charge in [-0.2, -0.15) is 0 Å². The molecule has 0 radical (unpaired) electrons. The van der Waals surface area contributed by atoms with E-state index in [-0.39, 0.29) is 17.6 Å². The van der Waals surface area contributed by atoms with Gasteiger partial charge in [0.15, 0.2) is 0 Å². The normalized spacial score (nSPS) is 16.5. The Kier molecular flexibility index (Phi) is 5.49. The zero-order chi connectivity index (χ0) is 16.1. The summed E-state index contributed by atoms with van der Waals surface area (Å²) >= 11 is 0. The second-order valence-electron chi connectivity index (χ2n) is 5.80. The fourth-order valence-corrected chi connectivity index (χ4v) is 2.95. The molecule has 1 fully saturated rings. The molecule has 1 aromatic rings. The topological polar surface area (TPSA) is 75.5 Å². The highest BCUT2D eigenvalue weighted by atomic mass is 16.6. The highest BCUT2D eigenvalue weighted by molar-refractivity contribution is 5.96. The van der Waals surface area contributed by atoms with Crippen molar-refractivity contribution in [2.24, 2.45) is 0 Å². The van der Waals surface area contributed by atoms with Crippen LogP contribution in [0.2, 0.25) is 0 Å². The predicted octanol–water partition coefficient (Wildman–Crippen LogP) is 2.51. The number of piperidine rings is 1. The summed E-state index contributed by atoms with van der Waals surface area (Å²) in [7, 11) is 0. The van der Waals surface area contributed by atoms with E-state index in [4.69, 9.17) is 0 Å². The van der Waals surface area contributed by atoms with Crippen molar-refractivity contribution in [3.8, 4) is 0 Å². The van der Waals surface area contributed by atoms with Crippen molar-refractivity contribution in [1.29, 1.82) is 0 Å². The first kappa shape index (κ1) is 16.4. The summed E-state index contributed by atoms with van der Waals surface area (Å²) in [6, 6.07) is 4.78. The second kappa shape index (κ2) is 7.35. The highest BCUT2D eigenvalue weighted by Gasteiger charge is 2.23. The maximum atomic E-state index is 12.4. The van der Waals surface area contributed by atoms with Crippen LogP contribution < -0.4 is 5.32 Å². The van der Waals surface area contributed by atoms with Gasteiger partial charge in [0, 0.05) is 36.3 Å². The third kappa shape index (κ3) is 3.82. The van der Waals surface area contributed by atoms with Crippen LogP contribution in [0.3, 0.4) is 0 Å². The van der Waals surface area contributed by atoms with E-state index in [1.165, 1.54) is 6.07 Å². The first-order valence-corrected chi connectivity index (χ1v) is 7.80. The lowest BCUT2D eigenvalue weighted by Gasteiger charge is -2.32. The van der Waals surface area contributed by atoms with E-state index in [2.05, 4.69) is 17.1 Å². The summed E-state index contributed by atoms with van der Waals surface area (Å²) in [6.07, 6.45) is 3.00. The summed E-state index contributed by atoms with van der Waals surface area (Å²) in [5.74, 6) is -0.213. The van der Waals surface area contributed by atoms with Crippen LogP contribution in [0.4, 0.5) is 5.69 Å². The molecule has 1 amide bonds. The number of rotatable bonds is 5. The zero-order valence-electron chi connectivity index (χ0n) is 13.2. The molecule has 0 saturated carbocycles. The van der Waals surface area contributed by atoms with E-state index >= 15 is 0 Å². The first-order chi connectivity index (χ1) is 10.5. The minimum Gasteiger partial charge on any atom is -0.349 e. The minimum atomic E-state index is -0.449. The molecule has 22 heavy (non-hydrogen) atoms. The lowest BCUT2D eigenvalue weighted by Crippen LogP contribution is -2.44. The average molecular weight is 305 g/mol. The number of amides is 1. The van der Waals surface area contributed by atoms with Gasteiger partial charge in [-0.1, -0.05) is 13.0 Å². The summed E-state index contributed by atoms with van der Waals surface area (Å²) < 4.78 is 0. The summed E-state index contributed by atoms with van der Waals surface area (Å²) in [5.41, 5.74) is 0.809. The number of nitro groups is 1. The Morgan fingerprint density at radius 2 is 2.09 bits per heavy atom. The van der Waals surface area contributed by atoms with Crippen molar-refractivity contribution >= 4 is 11.6 Å². The Morgan fingerprint density at radius 1 is 1.41 bits per heavy atom. The van der Waals surface area contributed by atoms with Crippen LogP contribution in [0, 0.1) is 17.0 Å². The highest BCUT2D eigenvalue weighted by Crippen LogP contribution is 2.21. The molecule has 6 heteroatoms. The van der Waals surface area contributed by atoms with Gasteiger partial charge in [-0.25, -0.2) is 0 Å². The molecule has 2 rings (SSSR count). The monoisotopic (exact) mass is 305 g/mol. The molecule has 0 unspecified atom stereocenters. The Labute approximate surface area is 130 Å². The fraction of sp³-hybridized carbons (Fsp3) is 0.562. The molecule has 1 saturated heterocycles. The van der Waals surface area contributed by atoms with Crippen molar-refractivity contribution < 1.29 is 9.72 Å². The van der Waals surface area contributed by atoms with Gasteiger partial charge in [0.25, 0.3) is 11.6 Å². The van der Waals surface area contributed by atoms with Crippen LogP contribution in [-0.2, 0) is 0 Å². The van der Waals surface area contributed by atoms with Gasteiger partial charge in [-0.3, -0.25) is 14.9 Å². The number of nitrogens with zero attached hydrogens (tertiary/aromatic N) is 2. The quantitative estimate of drug-likeness (QED) is 0.670. The van der Waals surface area contributed by atoms with Crippen molar-refractivity contribution in [2.75, 3.05) is 19.6 Å². The van der Waals surface area contributed by atoms with Crippen LogP contribution in [0.15, 0.2) is 18.2 Å². The molecular formula is C16H23N3O3. The third-order valence-electron chi connectivity index (χ3n) is 4.21. The van der Waals surface area contributed by atoms with E-state index in [9.17, 15) is 14.9 Å². The predicted molar refractivity (Wildman–Crippen MR) is 85.1 cm³/mol. The Bertz CT molecular complexity index is 552. The SMILES string of the molecule is CCCN1CCC(NC(=O)c2cccc([N+](=O)[O-])c2C)CC1. The second-order valence-corrected chi connectivity index (χ2v) is 5.80. The molecule has 1 aliphatic rings. The molecule has 0 aromatic heterocycles. The Hall–Kier alpha value is -1.95. The van der Waals surface area contributed by atoms with E-state index in [1.807, 2.05) is 0 Å². The Morgan fingerprint density at radius 3 is 2.68 bits per heavy atom. The number of carbonyl (C=O) groups excluding carboxylic acids is 1. The first-order valence-electron chi connectivity index (χ1n) is 7.80. The summed E-state index contributed by atoms with van der Waals surface area (Å²) in [5, 5.41) is 14.0. The maximum Gasteiger partial charge on any atom is 0.273 e. The third-order valence-corrected chi connectivity index (χ3v) is 4.21. The van der Waals surface area contributed by atoms with E-state index in [1.54, 1.807) is 19.1 Å². The summed E-state index contributed by atoms with van der Waals surface area (Å²) in [6.45, 7) is 6.87. The van der Waals surface area contributed by atoms with Gasteiger partial charge in [-0.15, -0.1) is 0 Å². The molecule has 0 aliphatic carbocycles. The van der Waals surface area contributed by atoms with Gasteiger partial charge in [0.05, 0.1) is 4.92 Å². The van der Waals surface area contributed by atoms with Crippen molar-refractivity contribution in [2.45, 2.75) is 39.2 Å². The molecule has 1 aliphatic heterocycles. The largest absolute Gasteiger partial charge is 0.349 e. The van der Waals surface area contributed by atoms with Crippen LogP contribution in [0.25, 0.3) is 0 Å². The van der Waals surface area contributed by atoms with Crippen LogP contribution in [0.1, 0.15) is 42.1 Å². The lowest BCUT2D eigenvalue weighted by molar-refractivity contribution is -0.385. The van der Waals surface area contributed by atoms with Crippen LogP contribution in [0.5, 0.6) is 0 Å². The minimum absolute atomic E-state index is 0.00887. The van der Waals surface area contributed by atoms with E-state index in [0.717, 1.165) is 38.9 Å². The lowest BCUT2D eigenvalue weighted by atomic mass is 10.0. The number of benzene rings is 1. The molecule has 6 nitrogen and oxygen atoms in total. The molecule has 1 N–H and O–H groups in total. The molecule has 120 valence electrons. The number of nitrogens with one attached hydrogen (secondary N) is 1. The molecular weight excluding hydrogens is 282 g/mol. The molecule has 1 heterocycles. The molecule has 1 aromatic carbocycles. The molecule has 0 atom stereocenters. The average Bonchev–Trinajstić information content (AvgIpc) is 2.49. The van der Waals surface area contributed by atoms with E-state index < -0.39 is 4.92 Å². The van der Waals surface area contributed by atoms with E-state index in [0.29, 0.717) is 11.1 Å². The van der Waals surface area contributed by atoms with Crippen LogP contribution in [-0.4, -0.2) is 41.4 Å². The maximum absolute atomic E-state index is 12.4. The van der Waals surface area contributed by atoms with Gasteiger partial charge in [0.1, 0.15) is 0 Å². The van der Waals surface area contributed by atoms with Crippen molar-refractivity contribution in [3.05, 3.63) is 39.4 Å². The number of carbonyl (C=O) groups is 1. The summed E-state index contributed by atoms with van der Waals surface area (Å²) in [4.78, 5) is 25.3. The van der Waals surface area contributed by atoms with Crippen molar-refractivity contribution in [3.63, 3.8) is 0 Å². The van der Waals surface area contributed by atoms with Crippen LogP contribution >= 0.6 is 0 Å². The van der Waals surface area contributed by atoms with Gasteiger partial charge in [-0.05, 0) is 38.8 Å². The smallest absolute Gasteiger partial charge is 0.273 e. The van der Waals surface area contributed by atoms with Gasteiger partial charge < -0.3 is 10.2 Å². The fourth-order valence-electron chi connectivity index (χ4n) is 2.95. The number of hydrogen-bond donors (Lipinski definition) is 1. The standard InChI is InChI=1S/C16H23N3O3/c1-3-9-18-10-7-13(8-11-18)17-16(20)14-5-4-6-15(12(14)2)19(21)22/h4-6,13H,3,7-11H2,1-2H3,(H,17,20). The number of nitro benzene ring substituents is 1. The zero-order valence-corrected chi connectivity index (χ0v) is 13.2. The van der Waals surface area contributed by atoms with Gasteiger partial charge >= 0.3 is 0 Å². The Balaban J connectivity index is 1.99. The molecule has 0 bridgehead atoms. The molecule has 0 spiro atoms. The number of likely N-dealkylation sites (tertiary alicyclic amines) is 1.